The predicted octanol–water partition coefficient (Wildman–Crippen LogP) is 3.33. The monoisotopic (exact) mass is 333 g/mol. The van der Waals surface area contributed by atoms with E-state index in [-0.39, 0.29) is 17.9 Å². The summed E-state index contributed by atoms with van der Waals surface area (Å²) in [6, 6.07) is -0.284. The summed E-state index contributed by atoms with van der Waals surface area (Å²) in [5, 5.41) is 5.85. The average Bonchev–Trinajstić information content (AvgIpc) is 2.68. The van der Waals surface area contributed by atoms with Crippen molar-refractivity contribution in [2.24, 2.45) is 15.8 Å². The molecule has 1 heterocycles. The van der Waals surface area contributed by atoms with E-state index in [2.05, 4.69) is 15.6 Å². The second-order valence-corrected chi connectivity index (χ2v) is 7.65. The molecule has 1 aliphatic rings. The molecule has 5 heteroatoms. The Hall–Kier alpha value is -1.91. The van der Waals surface area contributed by atoms with Crippen molar-refractivity contribution in [1.82, 2.24) is 10.6 Å². The standard InChI is InChI=1S/C19H31N3O2/c1-8-18(4,5)16(23)21-14-10-13(3)11-15(20-12-14)22-17(24)19(6,7)9-2/h10-12,14H,8-9H2,1-7H3,(H,21,23)(H,22,24). The molecule has 2 N–H and O–H groups in total. The average molecular weight is 333 g/mol. The van der Waals surface area contributed by atoms with Gasteiger partial charge in [0.2, 0.25) is 11.8 Å². The highest BCUT2D eigenvalue weighted by Gasteiger charge is 2.28. The smallest absolute Gasteiger partial charge is 0.231 e. The third-order valence-corrected chi connectivity index (χ3v) is 4.72. The van der Waals surface area contributed by atoms with Crippen LogP contribution >= 0.6 is 0 Å². The summed E-state index contributed by atoms with van der Waals surface area (Å²) in [6.07, 6.45) is 6.91. The fourth-order valence-corrected chi connectivity index (χ4v) is 1.89. The maximum Gasteiger partial charge on any atom is 0.231 e. The Morgan fingerprint density at radius 2 is 1.62 bits per heavy atom. The number of aliphatic imine (C=N–C) groups is 1. The third kappa shape index (κ3) is 5.32. The van der Waals surface area contributed by atoms with Gasteiger partial charge in [-0.3, -0.25) is 9.59 Å². The summed E-state index contributed by atoms with van der Waals surface area (Å²) in [5.74, 6) is 0.433. The van der Waals surface area contributed by atoms with E-state index < -0.39 is 10.8 Å². The number of nitrogens with one attached hydrogen (secondary N) is 2. The van der Waals surface area contributed by atoms with Crippen LogP contribution in [-0.2, 0) is 9.59 Å². The molecule has 1 atom stereocenters. The van der Waals surface area contributed by atoms with Crippen LogP contribution in [0.25, 0.3) is 0 Å². The molecule has 1 aliphatic heterocycles. The molecule has 5 nitrogen and oxygen atoms in total. The van der Waals surface area contributed by atoms with E-state index in [4.69, 9.17) is 0 Å². The maximum atomic E-state index is 12.3. The summed E-state index contributed by atoms with van der Waals surface area (Å²) in [6.45, 7) is 13.6. The minimum atomic E-state index is -0.445. The van der Waals surface area contributed by atoms with Gasteiger partial charge in [-0.25, -0.2) is 4.99 Å². The Bertz CT molecular complexity index is 583. The van der Waals surface area contributed by atoms with Crippen LogP contribution in [-0.4, -0.2) is 24.1 Å². The third-order valence-electron chi connectivity index (χ3n) is 4.72. The van der Waals surface area contributed by atoms with Crippen LogP contribution in [0.4, 0.5) is 0 Å². The number of rotatable bonds is 6. The van der Waals surface area contributed by atoms with Crippen LogP contribution in [0.5, 0.6) is 0 Å². The minimum absolute atomic E-state index is 0.00916. The van der Waals surface area contributed by atoms with Gasteiger partial charge in [0.25, 0.3) is 0 Å². The van der Waals surface area contributed by atoms with Gasteiger partial charge in [-0.1, -0.05) is 47.6 Å². The van der Waals surface area contributed by atoms with Crippen molar-refractivity contribution in [3.05, 3.63) is 23.5 Å². The highest BCUT2D eigenvalue weighted by atomic mass is 16.2. The molecule has 0 aromatic carbocycles. The van der Waals surface area contributed by atoms with Crippen molar-refractivity contribution < 1.29 is 9.59 Å². The van der Waals surface area contributed by atoms with Crippen LogP contribution in [0.3, 0.4) is 0 Å². The second-order valence-electron chi connectivity index (χ2n) is 7.65. The quantitative estimate of drug-likeness (QED) is 0.782. The Morgan fingerprint density at radius 1 is 1.08 bits per heavy atom. The molecule has 0 saturated heterocycles. The summed E-state index contributed by atoms with van der Waals surface area (Å²) in [7, 11) is 0. The molecule has 134 valence electrons. The van der Waals surface area contributed by atoms with Crippen LogP contribution < -0.4 is 10.6 Å². The fourth-order valence-electron chi connectivity index (χ4n) is 1.89. The predicted molar refractivity (Wildman–Crippen MR) is 98.5 cm³/mol. The van der Waals surface area contributed by atoms with Crippen molar-refractivity contribution in [2.45, 2.75) is 67.3 Å². The van der Waals surface area contributed by atoms with Crippen molar-refractivity contribution >= 4 is 18.0 Å². The van der Waals surface area contributed by atoms with Gasteiger partial charge in [0.05, 0.1) is 6.04 Å². The van der Waals surface area contributed by atoms with Gasteiger partial charge in [-0.05, 0) is 31.4 Å². The lowest BCUT2D eigenvalue weighted by Gasteiger charge is -2.23. The van der Waals surface area contributed by atoms with Gasteiger partial charge >= 0.3 is 0 Å². The molecular weight excluding hydrogens is 302 g/mol. The number of carbonyl (C=O) groups excluding carboxylic acids is 2. The first-order valence-electron chi connectivity index (χ1n) is 8.58. The summed E-state index contributed by atoms with van der Waals surface area (Å²) in [4.78, 5) is 29.0. The Labute approximate surface area is 145 Å². The van der Waals surface area contributed by atoms with E-state index >= 15 is 0 Å². The molecule has 0 aromatic heterocycles. The molecule has 0 radical (unpaired) electrons. The van der Waals surface area contributed by atoms with E-state index in [0.717, 1.165) is 18.4 Å². The molecule has 2 amide bonds. The minimum Gasteiger partial charge on any atom is -0.344 e. The zero-order valence-electron chi connectivity index (χ0n) is 16.0. The molecule has 0 aliphatic carbocycles. The van der Waals surface area contributed by atoms with Gasteiger partial charge in [0.1, 0.15) is 5.82 Å². The van der Waals surface area contributed by atoms with E-state index in [1.165, 1.54) is 0 Å². The first-order valence-corrected chi connectivity index (χ1v) is 8.58. The second kappa shape index (κ2) is 7.77. The number of carbonyl (C=O) groups is 2. The van der Waals surface area contributed by atoms with Crippen LogP contribution in [0.15, 0.2) is 28.5 Å². The number of hydrogen-bond acceptors (Lipinski definition) is 3. The molecule has 1 unspecified atom stereocenters. The summed E-state index contributed by atoms with van der Waals surface area (Å²) < 4.78 is 0. The molecular formula is C19H31N3O2. The van der Waals surface area contributed by atoms with Gasteiger partial charge in [0, 0.05) is 17.0 Å². The van der Waals surface area contributed by atoms with E-state index in [1.54, 1.807) is 6.21 Å². The summed E-state index contributed by atoms with van der Waals surface area (Å²) in [5.41, 5.74) is 0.0769. The van der Waals surface area contributed by atoms with Crippen LogP contribution in [0.1, 0.15) is 61.3 Å². The number of hydrogen-bond donors (Lipinski definition) is 2. The zero-order valence-corrected chi connectivity index (χ0v) is 16.0. The molecule has 0 fully saturated rings. The largest absolute Gasteiger partial charge is 0.344 e. The van der Waals surface area contributed by atoms with Crippen molar-refractivity contribution in [3.63, 3.8) is 0 Å². The molecule has 0 aromatic rings. The van der Waals surface area contributed by atoms with Crippen molar-refractivity contribution in [2.75, 3.05) is 0 Å². The lowest BCUT2D eigenvalue weighted by molar-refractivity contribution is -0.130. The zero-order chi connectivity index (χ0) is 18.5. The van der Waals surface area contributed by atoms with Gasteiger partial charge in [0.15, 0.2) is 0 Å². The Balaban J connectivity index is 2.83. The first kappa shape index (κ1) is 20.1. The van der Waals surface area contributed by atoms with E-state index in [9.17, 15) is 9.59 Å². The molecule has 24 heavy (non-hydrogen) atoms. The number of allylic oxidation sites excluding steroid dienone is 2. The van der Waals surface area contributed by atoms with Crippen molar-refractivity contribution in [1.29, 1.82) is 0 Å². The van der Waals surface area contributed by atoms with E-state index in [1.807, 2.05) is 60.6 Å². The van der Waals surface area contributed by atoms with Crippen molar-refractivity contribution in [3.8, 4) is 0 Å². The Kier molecular flexibility index (Phi) is 6.52. The Morgan fingerprint density at radius 3 is 2.17 bits per heavy atom. The fraction of sp³-hybridized carbons (Fsp3) is 0.632. The maximum absolute atomic E-state index is 12.3. The van der Waals surface area contributed by atoms with Gasteiger partial charge in [-0.2, -0.15) is 0 Å². The highest BCUT2D eigenvalue weighted by Crippen LogP contribution is 2.21. The lowest BCUT2D eigenvalue weighted by atomic mass is 9.89. The first-order chi connectivity index (χ1) is 11.0. The SMILES string of the molecule is CCC(C)(C)C(=O)NC1=CC(C)=CC(NC(=O)C(C)(C)CC)C=N1. The normalized spacial score (nSPS) is 18.4. The number of nitrogens with zero attached hydrogens (tertiary/aromatic N) is 1. The summed E-state index contributed by atoms with van der Waals surface area (Å²) >= 11 is 0. The molecule has 0 spiro atoms. The van der Waals surface area contributed by atoms with E-state index in [0.29, 0.717) is 5.82 Å². The molecule has 0 bridgehead atoms. The van der Waals surface area contributed by atoms with Gasteiger partial charge in [-0.15, -0.1) is 0 Å². The lowest BCUT2D eigenvalue weighted by Crippen LogP contribution is -2.42. The van der Waals surface area contributed by atoms with Gasteiger partial charge < -0.3 is 10.6 Å². The number of amides is 2. The molecule has 1 rings (SSSR count). The van der Waals surface area contributed by atoms with Crippen LogP contribution in [0, 0.1) is 10.8 Å². The van der Waals surface area contributed by atoms with Crippen LogP contribution in [0.2, 0.25) is 0 Å². The highest BCUT2D eigenvalue weighted by molar-refractivity contribution is 5.87. The topological polar surface area (TPSA) is 70.6 Å². The molecule has 0 saturated carbocycles.